The van der Waals surface area contributed by atoms with Crippen molar-refractivity contribution in [2.24, 2.45) is 11.1 Å². The summed E-state index contributed by atoms with van der Waals surface area (Å²) in [6, 6.07) is 23.2. The number of unbranched alkanes of at least 4 members (excludes halogenated alkanes) is 1. The minimum Gasteiger partial charge on any atom is -0.391 e. The number of ether oxygens (including phenoxy) is 1. The average Bonchev–Trinajstić information content (AvgIpc) is 2.59. The number of aromatic amines is 1. The third-order valence-electron chi connectivity index (χ3n) is 16.3. The quantitative estimate of drug-likeness (QED) is 0.0243. The van der Waals surface area contributed by atoms with Crippen LogP contribution in [-0.2, 0) is 76.6 Å². The van der Waals surface area contributed by atoms with Crippen LogP contribution in [0.15, 0.2) is 96.5 Å². The first-order valence-corrected chi connectivity index (χ1v) is 31.8. The number of nitrogens with two attached hydrogens (primary N) is 1. The number of nitrogens with zero attached hydrogens (tertiary/aromatic N) is 3. The van der Waals surface area contributed by atoms with Crippen LogP contribution in [0.4, 0.5) is 5.69 Å². The number of H-pyrrole nitrogens is 1. The van der Waals surface area contributed by atoms with Gasteiger partial charge < -0.3 is 56.5 Å². The van der Waals surface area contributed by atoms with Crippen molar-refractivity contribution >= 4 is 76.9 Å². The van der Waals surface area contributed by atoms with Gasteiger partial charge in [0.25, 0.3) is 5.91 Å². The van der Waals surface area contributed by atoms with E-state index in [2.05, 4.69) is 31.2 Å². The highest BCUT2D eigenvalue weighted by atomic mass is 32.1. The van der Waals surface area contributed by atoms with E-state index in [0.717, 1.165) is 44.0 Å². The summed E-state index contributed by atoms with van der Waals surface area (Å²) in [5.41, 5.74) is 14.9. The van der Waals surface area contributed by atoms with Crippen molar-refractivity contribution in [1.29, 1.82) is 0 Å². The lowest BCUT2D eigenvalue weighted by Gasteiger charge is -2.35. The van der Waals surface area contributed by atoms with Gasteiger partial charge in [0.15, 0.2) is 0 Å². The average molecular weight is 1210 g/mol. The predicted octanol–water partition coefficient (Wildman–Crippen LogP) is 6.16. The summed E-state index contributed by atoms with van der Waals surface area (Å²) in [5.74, 6) is -3.12. The highest BCUT2D eigenvalue weighted by molar-refractivity contribution is 7.50. The number of hydrogen-bond acceptors (Lipinski definition) is 12. The standard InChI is InChI=1S/C63H76N9O12PS/c1-36-56(86-35-66-36)43-20-17-39(18-21-43)31-65-59(77)51-30-46(73)32-71(51)62(80)57(63(3,4)5)70-54(75)12-7-6-9-38-13-15-40(16-14-38)33-84-37(2)47(25-26-53(64)74)68-60(78)52-29-44-11-8-10-42-22-24-49(61(79)72(52)55(42)44)69-58(76)50-28-45-27-41(34-85(81,82)83)19-23-48(45)67-50/h8,10-11,13-21,23,27-28,35,37,46-47,49,51-52,57,67,73H,6-7,9,12,22,24-26,29-34H2,1-5H3,(H2,64,74)(H,65,77)(H,68,78)(H,69,76)(H,70,75)(H2,81,82,83)/t37-,46-,47+,49+,51+,52+,57-/m1/s1. The third kappa shape index (κ3) is 15.5. The third-order valence-corrected chi connectivity index (χ3v) is 18.1. The number of amides is 7. The lowest BCUT2D eigenvalue weighted by molar-refractivity contribution is -0.144. The molecular formula is C63H76N9O12PS. The van der Waals surface area contributed by atoms with E-state index in [4.69, 9.17) is 10.5 Å². The van der Waals surface area contributed by atoms with E-state index in [1.54, 1.807) is 48.0 Å². The number of primary amides is 1. The molecule has 0 spiro atoms. The number of aliphatic hydroxyl groups is 1. The summed E-state index contributed by atoms with van der Waals surface area (Å²) in [5, 5.41) is 23.1. The summed E-state index contributed by atoms with van der Waals surface area (Å²) in [6.45, 7) is 9.71. The van der Waals surface area contributed by atoms with Crippen molar-refractivity contribution in [2.45, 2.75) is 161 Å². The van der Waals surface area contributed by atoms with Crippen molar-refractivity contribution in [3.8, 4) is 10.4 Å². The molecule has 23 heteroatoms. The molecule has 0 unspecified atom stereocenters. The minimum atomic E-state index is -4.33. The largest absolute Gasteiger partial charge is 0.391 e. The Morgan fingerprint density at radius 3 is 2.29 bits per heavy atom. The zero-order valence-corrected chi connectivity index (χ0v) is 50.7. The summed E-state index contributed by atoms with van der Waals surface area (Å²) in [4.78, 5) is 126. The second-order valence-corrected chi connectivity index (χ2v) is 26.4. The predicted molar refractivity (Wildman–Crippen MR) is 325 cm³/mol. The summed E-state index contributed by atoms with van der Waals surface area (Å²) >= 11 is 1.56. The van der Waals surface area contributed by atoms with Crippen LogP contribution >= 0.6 is 18.9 Å². The molecule has 3 aliphatic heterocycles. The number of anilines is 1. The lowest BCUT2D eigenvalue weighted by Crippen LogP contribution is -2.57. The maximum atomic E-state index is 14.6. The first-order valence-electron chi connectivity index (χ1n) is 29.1. The molecule has 1 saturated heterocycles. The molecule has 7 amide bonds. The molecule has 2 aromatic heterocycles. The molecular weight excluding hydrogens is 1140 g/mol. The molecule has 86 heavy (non-hydrogen) atoms. The number of aryl methyl sites for hydroxylation is 3. The number of benzene rings is 4. The van der Waals surface area contributed by atoms with Gasteiger partial charge in [0.1, 0.15) is 29.9 Å². The number of β-amino-alcohol motifs (C(OH)–C–C–N with tert-alkyl or cyclic N) is 1. The van der Waals surface area contributed by atoms with Crippen LogP contribution in [-0.4, -0.2) is 120 Å². The van der Waals surface area contributed by atoms with E-state index in [9.17, 15) is 53.0 Å². The molecule has 10 N–H and O–H groups in total. The van der Waals surface area contributed by atoms with Crippen LogP contribution in [0.25, 0.3) is 21.3 Å². The second-order valence-electron chi connectivity index (χ2n) is 23.9. The summed E-state index contributed by atoms with van der Waals surface area (Å²) in [6.07, 6.45) is 1.31. The number of nitrogens with one attached hydrogen (secondary N) is 5. The van der Waals surface area contributed by atoms with Crippen LogP contribution < -0.4 is 31.9 Å². The van der Waals surface area contributed by atoms with Gasteiger partial charge in [-0.2, -0.15) is 0 Å². The number of hydrogen-bond donors (Lipinski definition) is 9. The first kappa shape index (κ1) is 62.9. The van der Waals surface area contributed by atoms with Gasteiger partial charge in [0.2, 0.25) is 35.4 Å². The number of aliphatic hydroxyl groups excluding tert-OH is 1. The molecule has 21 nitrogen and oxygen atoms in total. The summed E-state index contributed by atoms with van der Waals surface area (Å²) in [7, 11) is -4.33. The van der Waals surface area contributed by atoms with Crippen molar-refractivity contribution in [1.82, 2.24) is 36.1 Å². The summed E-state index contributed by atoms with van der Waals surface area (Å²) < 4.78 is 18.0. The maximum Gasteiger partial charge on any atom is 0.329 e. The normalized spacial score (nSPS) is 18.7. The van der Waals surface area contributed by atoms with Gasteiger partial charge in [-0.1, -0.05) is 93.6 Å². The van der Waals surface area contributed by atoms with Crippen molar-refractivity contribution in [2.75, 3.05) is 11.4 Å². The molecule has 7 atom stereocenters. The molecule has 0 aliphatic carbocycles. The zero-order chi connectivity index (χ0) is 61.6. The molecule has 4 aromatic carbocycles. The van der Waals surface area contributed by atoms with Crippen LogP contribution in [0, 0.1) is 12.3 Å². The van der Waals surface area contributed by atoms with Crippen LogP contribution in [0.3, 0.4) is 0 Å². The van der Waals surface area contributed by atoms with Gasteiger partial charge in [-0.3, -0.25) is 43.0 Å². The molecule has 0 saturated carbocycles. The number of carbonyl (C=O) groups excluding carboxylic acids is 7. The molecule has 1 fully saturated rings. The lowest BCUT2D eigenvalue weighted by atomic mass is 9.85. The number of thiazole rings is 1. The smallest absolute Gasteiger partial charge is 0.329 e. The van der Waals surface area contributed by atoms with Crippen molar-refractivity contribution < 1.29 is 57.8 Å². The zero-order valence-electron chi connectivity index (χ0n) is 49.0. The molecule has 5 heterocycles. The van der Waals surface area contributed by atoms with Gasteiger partial charge in [-0.15, -0.1) is 11.3 Å². The fourth-order valence-electron chi connectivity index (χ4n) is 11.6. The number of para-hydroxylation sites is 1. The molecule has 6 aromatic rings. The van der Waals surface area contributed by atoms with Gasteiger partial charge in [0, 0.05) is 49.7 Å². The van der Waals surface area contributed by atoms with E-state index >= 15 is 0 Å². The van der Waals surface area contributed by atoms with E-state index in [-0.39, 0.29) is 75.7 Å². The van der Waals surface area contributed by atoms with Crippen LogP contribution in [0.2, 0.25) is 0 Å². The first-order chi connectivity index (χ1) is 40.9. The Kier molecular flexibility index (Phi) is 19.7. The Bertz CT molecular complexity index is 3540. The van der Waals surface area contributed by atoms with E-state index in [1.807, 2.05) is 94.4 Å². The van der Waals surface area contributed by atoms with Crippen molar-refractivity contribution in [3.05, 3.63) is 141 Å². The van der Waals surface area contributed by atoms with Crippen LogP contribution in [0.1, 0.15) is 122 Å². The van der Waals surface area contributed by atoms with Crippen molar-refractivity contribution in [3.63, 3.8) is 0 Å². The maximum absolute atomic E-state index is 14.6. The Morgan fingerprint density at radius 2 is 1.59 bits per heavy atom. The fraction of sp³-hybridized carbons (Fsp3) is 0.429. The SMILES string of the molecule is Cc1ncsc1-c1ccc(CNC(=O)[C@@H]2C[C@@H](O)CN2C(=O)[C@@H](NC(=O)CCCCc2ccc(CO[C@H](C)[C@H](CCC(N)=O)NC(=O)[C@@H]3Cc4cccc5c4N3C(=O)[C@@H](NC(=O)c3cc4cc(CP(=O)(O)O)ccc4[nH]3)CC5)cc2)C(C)(C)C)cc1. The monoisotopic (exact) mass is 1210 g/mol. The molecule has 456 valence electrons. The van der Waals surface area contributed by atoms with E-state index in [0.29, 0.717) is 47.8 Å². The fourth-order valence-corrected chi connectivity index (χ4v) is 13.1. The Morgan fingerprint density at radius 1 is 0.884 bits per heavy atom. The second kappa shape index (κ2) is 27.0. The Hall–Kier alpha value is -7.59. The van der Waals surface area contributed by atoms with Gasteiger partial charge in [-0.05, 0) is 115 Å². The van der Waals surface area contributed by atoms with E-state index < -0.39 is 91.1 Å². The number of rotatable bonds is 24. The highest BCUT2D eigenvalue weighted by Gasteiger charge is 2.46. The Balaban J connectivity index is 0.747. The molecule has 0 radical (unpaired) electrons. The van der Waals surface area contributed by atoms with E-state index in [1.165, 1.54) is 9.80 Å². The van der Waals surface area contributed by atoms with Crippen LogP contribution in [0.5, 0.6) is 0 Å². The molecule has 9 rings (SSSR count). The number of likely N-dealkylation sites (tertiary alicyclic amines) is 1. The molecule has 3 aliphatic rings. The topological polar surface area (TPSA) is 316 Å². The highest BCUT2D eigenvalue weighted by Crippen LogP contribution is 2.41. The van der Waals surface area contributed by atoms with Gasteiger partial charge in [-0.25, -0.2) is 4.98 Å². The van der Waals surface area contributed by atoms with Gasteiger partial charge in [0.05, 0.1) is 52.8 Å². The molecule has 0 bridgehead atoms. The minimum absolute atomic E-state index is 0.0235. The number of fused-ring (bicyclic) bond motifs is 1. The van der Waals surface area contributed by atoms with Gasteiger partial charge >= 0.3 is 7.60 Å². The Labute approximate surface area is 503 Å². The number of carbonyl (C=O) groups is 7. The number of aromatic nitrogens is 2.